The number of nitrogens with one attached hydrogen (secondary N) is 1. The van der Waals surface area contributed by atoms with Gasteiger partial charge in [0.05, 0.1) is 18.0 Å². The molecule has 0 bridgehead atoms. The van der Waals surface area contributed by atoms with Crippen molar-refractivity contribution < 1.29 is 33.7 Å². The van der Waals surface area contributed by atoms with E-state index in [-0.39, 0.29) is 24.4 Å². The van der Waals surface area contributed by atoms with Crippen LogP contribution in [0.4, 0.5) is 5.69 Å². The number of amides is 2. The predicted molar refractivity (Wildman–Crippen MR) is 206 cm³/mol. The topological polar surface area (TPSA) is 121 Å². The van der Waals surface area contributed by atoms with Crippen LogP contribution in [0.5, 0.6) is 17.2 Å². The molecular weight excluding hydrogens is 709 g/mol. The van der Waals surface area contributed by atoms with Gasteiger partial charge in [-0.25, -0.2) is 0 Å². The lowest BCUT2D eigenvalue weighted by Crippen LogP contribution is -2.58. The van der Waals surface area contributed by atoms with Crippen molar-refractivity contribution in [3.8, 4) is 17.2 Å². The first-order valence-corrected chi connectivity index (χ1v) is 19.1. The van der Waals surface area contributed by atoms with Crippen LogP contribution in [-0.2, 0) is 31.1 Å². The number of ether oxygens (including phenoxy) is 3. The van der Waals surface area contributed by atoms with Crippen molar-refractivity contribution in [2.75, 3.05) is 38.3 Å². The van der Waals surface area contributed by atoms with E-state index in [4.69, 9.17) is 14.2 Å². The van der Waals surface area contributed by atoms with Gasteiger partial charge in [0.1, 0.15) is 23.3 Å². The molecule has 0 unspecified atom stereocenters. The lowest BCUT2D eigenvalue weighted by molar-refractivity contribution is -0.179. The average Bonchev–Trinajstić information content (AvgIpc) is 3.92. The molecule has 0 aromatic heterocycles. The fourth-order valence-electron chi connectivity index (χ4n) is 9.81. The van der Waals surface area contributed by atoms with Crippen molar-refractivity contribution in [1.82, 2.24) is 14.7 Å². The molecule has 6 atom stereocenters. The van der Waals surface area contributed by atoms with E-state index in [2.05, 4.69) is 15.1 Å². The third-order valence-electron chi connectivity index (χ3n) is 12.2. The van der Waals surface area contributed by atoms with Gasteiger partial charge in [0.15, 0.2) is 11.5 Å². The molecule has 3 saturated heterocycles. The number of phenols is 1. The summed E-state index contributed by atoms with van der Waals surface area (Å²) in [5.41, 5.74) is 3.21. The van der Waals surface area contributed by atoms with E-state index in [0.717, 1.165) is 28.2 Å². The number of carbonyl (C=O) groups excluding carboxylic acids is 3. The highest BCUT2D eigenvalue weighted by Gasteiger charge is 2.74. The van der Waals surface area contributed by atoms with Crippen LogP contribution in [0.15, 0.2) is 127 Å². The Morgan fingerprint density at radius 3 is 2.16 bits per heavy atom. The first kappa shape index (κ1) is 34.3. The van der Waals surface area contributed by atoms with E-state index in [1.54, 1.807) is 24.3 Å². The SMILES string of the molecule is O=C1O[C@@H](c2ccccc2)[C@@H](c2ccccc2)N2[C@@H](c3ccc(O)cc3)[C@]3(C(=O)Nc4ccccc43)[C@@H](C(=O)N3CCN(Cc4ccc5c(c4)OCO5)CC3)[C@H]12. The van der Waals surface area contributed by atoms with Gasteiger partial charge in [-0.05, 0) is 58.1 Å². The van der Waals surface area contributed by atoms with E-state index in [0.29, 0.717) is 49.5 Å². The van der Waals surface area contributed by atoms with E-state index in [1.165, 1.54) is 0 Å². The van der Waals surface area contributed by atoms with Gasteiger partial charge in [0.2, 0.25) is 18.6 Å². The quantitative estimate of drug-likeness (QED) is 0.210. The van der Waals surface area contributed by atoms with Gasteiger partial charge in [-0.15, -0.1) is 0 Å². The standard InChI is InChI=1S/C45H40N4O7/c50-32-18-16-31(17-19-32)41-45(33-13-7-8-14-34(33)46-44(45)53)37(42(51)48-23-21-47(22-24-48)26-28-15-20-35-36(25-28)55-27-54-35)39-43(52)56-40(30-11-5-2-6-12-30)38(49(39)41)29-9-3-1-4-10-29/h1-20,25,37-41,50H,21-24,26-27H2,(H,46,53)/t37-,38-,39-,40+,41+,45-/m1/s1. The number of esters is 1. The third-order valence-corrected chi connectivity index (χ3v) is 12.2. The minimum Gasteiger partial charge on any atom is -0.508 e. The zero-order chi connectivity index (χ0) is 38.0. The minimum absolute atomic E-state index is 0.0692. The van der Waals surface area contributed by atoms with Gasteiger partial charge >= 0.3 is 5.97 Å². The number of anilines is 1. The zero-order valence-corrected chi connectivity index (χ0v) is 30.5. The van der Waals surface area contributed by atoms with E-state index < -0.39 is 41.5 Å². The average molecular weight is 749 g/mol. The molecule has 5 aromatic rings. The highest BCUT2D eigenvalue weighted by atomic mass is 16.7. The molecule has 5 aromatic carbocycles. The number of phenolic OH excluding ortho intramolecular Hbond substituents is 1. The summed E-state index contributed by atoms with van der Waals surface area (Å²) in [6.45, 7) is 2.92. The first-order chi connectivity index (χ1) is 27.4. The maximum atomic E-state index is 15.6. The molecule has 3 fully saturated rings. The number of aromatic hydroxyl groups is 1. The van der Waals surface area contributed by atoms with Crippen LogP contribution in [0, 0.1) is 5.92 Å². The van der Waals surface area contributed by atoms with Crippen molar-refractivity contribution in [3.63, 3.8) is 0 Å². The molecule has 0 saturated carbocycles. The maximum absolute atomic E-state index is 15.6. The van der Waals surface area contributed by atoms with Crippen LogP contribution < -0.4 is 14.8 Å². The Morgan fingerprint density at radius 2 is 1.41 bits per heavy atom. The van der Waals surface area contributed by atoms with Crippen LogP contribution in [0.3, 0.4) is 0 Å². The monoisotopic (exact) mass is 748 g/mol. The Kier molecular flexibility index (Phi) is 8.30. The third kappa shape index (κ3) is 5.36. The summed E-state index contributed by atoms with van der Waals surface area (Å²) >= 11 is 0. The summed E-state index contributed by atoms with van der Waals surface area (Å²) in [6, 6.07) is 37.2. The normalized spacial score (nSPS) is 26.8. The Morgan fingerprint density at radius 1 is 0.732 bits per heavy atom. The number of hydrogen-bond donors (Lipinski definition) is 2. The molecule has 11 heteroatoms. The number of morpholine rings is 1. The first-order valence-electron chi connectivity index (χ1n) is 19.1. The molecule has 5 aliphatic heterocycles. The highest BCUT2D eigenvalue weighted by Crippen LogP contribution is 2.65. The number of carbonyl (C=O) groups is 3. The van der Waals surface area contributed by atoms with Crippen molar-refractivity contribution in [1.29, 1.82) is 0 Å². The maximum Gasteiger partial charge on any atom is 0.324 e. The van der Waals surface area contributed by atoms with Crippen molar-refractivity contribution >= 4 is 23.5 Å². The number of cyclic esters (lactones) is 1. The lowest BCUT2D eigenvalue weighted by Gasteiger charge is -2.46. The molecule has 1 spiro atoms. The molecule has 11 nitrogen and oxygen atoms in total. The molecule has 0 aliphatic carbocycles. The largest absolute Gasteiger partial charge is 0.508 e. The van der Waals surface area contributed by atoms with Gasteiger partial charge in [-0.2, -0.15) is 0 Å². The van der Waals surface area contributed by atoms with E-state index >= 15 is 9.59 Å². The Balaban J connectivity index is 1.10. The van der Waals surface area contributed by atoms with Crippen LogP contribution in [0.1, 0.15) is 46.0 Å². The number of rotatable bonds is 6. The van der Waals surface area contributed by atoms with Gasteiger partial charge in [-0.1, -0.05) is 97.1 Å². The summed E-state index contributed by atoms with van der Waals surface area (Å²) in [4.78, 5) is 51.8. The molecule has 2 amide bonds. The van der Waals surface area contributed by atoms with E-state index in [9.17, 15) is 9.90 Å². The van der Waals surface area contributed by atoms with Crippen LogP contribution in [0.25, 0.3) is 0 Å². The molecule has 5 heterocycles. The second-order valence-corrected chi connectivity index (χ2v) is 15.1. The molecule has 282 valence electrons. The zero-order valence-electron chi connectivity index (χ0n) is 30.5. The Bertz CT molecular complexity index is 2310. The number of para-hydroxylation sites is 1. The van der Waals surface area contributed by atoms with Crippen molar-refractivity contribution in [2.24, 2.45) is 5.92 Å². The number of nitrogens with zero attached hydrogens (tertiary/aromatic N) is 3. The number of piperazine rings is 1. The van der Waals surface area contributed by atoms with E-state index in [1.807, 2.05) is 108 Å². The van der Waals surface area contributed by atoms with Crippen molar-refractivity contribution in [3.05, 3.63) is 155 Å². The summed E-state index contributed by atoms with van der Waals surface area (Å²) in [5, 5.41) is 13.6. The Labute approximate surface area is 324 Å². The number of hydrogen-bond acceptors (Lipinski definition) is 9. The summed E-state index contributed by atoms with van der Waals surface area (Å²) in [5.74, 6) is -0.769. The second-order valence-electron chi connectivity index (χ2n) is 15.1. The molecular formula is C45H40N4O7. The number of benzene rings is 5. The van der Waals surface area contributed by atoms with Crippen LogP contribution in [-0.4, -0.2) is 76.6 Å². The predicted octanol–water partition coefficient (Wildman–Crippen LogP) is 5.74. The fraction of sp³-hybridized carbons (Fsp3) is 0.267. The van der Waals surface area contributed by atoms with Crippen molar-refractivity contribution in [2.45, 2.75) is 36.2 Å². The van der Waals surface area contributed by atoms with Gasteiger partial charge in [-0.3, -0.25) is 24.2 Å². The molecule has 5 aliphatic rings. The minimum atomic E-state index is -1.53. The highest BCUT2D eigenvalue weighted by molar-refractivity contribution is 6.12. The smallest absolute Gasteiger partial charge is 0.324 e. The van der Waals surface area contributed by atoms with Crippen LogP contribution >= 0.6 is 0 Å². The van der Waals surface area contributed by atoms with Gasteiger partial charge in [0.25, 0.3) is 0 Å². The Hall–Kier alpha value is -6.17. The summed E-state index contributed by atoms with van der Waals surface area (Å²) in [7, 11) is 0. The second kappa shape index (κ2) is 13.5. The molecule has 2 N–H and O–H groups in total. The van der Waals surface area contributed by atoms with Gasteiger partial charge < -0.3 is 29.5 Å². The molecule has 56 heavy (non-hydrogen) atoms. The number of fused-ring (bicyclic) bond motifs is 4. The summed E-state index contributed by atoms with van der Waals surface area (Å²) in [6.07, 6.45) is -0.743. The summed E-state index contributed by atoms with van der Waals surface area (Å²) < 4.78 is 17.6. The van der Waals surface area contributed by atoms with Crippen LogP contribution in [0.2, 0.25) is 0 Å². The molecule has 0 radical (unpaired) electrons. The lowest BCUT2D eigenvalue weighted by atomic mass is 9.65. The van der Waals surface area contributed by atoms with Gasteiger partial charge in [0, 0.05) is 38.4 Å². The fourth-order valence-corrected chi connectivity index (χ4v) is 9.81. The molecule has 10 rings (SSSR count).